The summed E-state index contributed by atoms with van der Waals surface area (Å²) in [6.07, 6.45) is -3.02. The van der Waals surface area contributed by atoms with E-state index in [1.807, 2.05) is 0 Å². The Hall–Kier alpha value is -0.170. The predicted molar refractivity (Wildman–Crippen MR) is 23.9 cm³/mol. The van der Waals surface area contributed by atoms with Crippen LogP contribution in [0.15, 0.2) is 0 Å². The van der Waals surface area contributed by atoms with E-state index in [0.717, 1.165) is 0 Å². The van der Waals surface area contributed by atoms with Crippen LogP contribution >= 0.6 is 7.82 Å². The highest BCUT2D eigenvalue weighted by atomic mass is 31.2. The molecule has 0 atom stereocenters. The highest BCUT2D eigenvalue weighted by Crippen LogP contribution is 2.50. The lowest BCUT2D eigenvalue weighted by atomic mass is 10.8. The van der Waals surface area contributed by atoms with E-state index >= 15 is 0 Å². The molecule has 68 valence electrons. The molecular weight excluding hydrogens is 195 g/mol. The van der Waals surface area contributed by atoms with E-state index in [1.54, 1.807) is 0 Å². The fourth-order valence-electron chi connectivity index (χ4n) is 0.198. The largest absolute Gasteiger partial charge is 0.537 e. The van der Waals surface area contributed by atoms with Gasteiger partial charge in [0.15, 0.2) is 0 Å². The summed E-state index contributed by atoms with van der Waals surface area (Å²) in [4.78, 5) is 0. The molecule has 9 heteroatoms. The third-order valence-electron chi connectivity index (χ3n) is 0.528. The second kappa shape index (κ2) is 4.66. The Kier molecular flexibility index (Phi) is 4.58. The standard InChI is InChI=1S/C2H3F4O4P/c3-2(4)1-8-11(7,9-5)10-6/h2H,1H2. The van der Waals surface area contributed by atoms with E-state index < -0.39 is 20.9 Å². The maximum atomic E-state index is 11.2. The first-order valence-corrected chi connectivity index (χ1v) is 3.63. The molecule has 0 saturated heterocycles. The van der Waals surface area contributed by atoms with Crippen LogP contribution in [-0.4, -0.2) is 13.0 Å². The summed E-state index contributed by atoms with van der Waals surface area (Å²) in [6.45, 7) is -1.44. The monoisotopic (exact) mass is 198 g/mol. The van der Waals surface area contributed by atoms with Crippen molar-refractivity contribution < 1.29 is 36.4 Å². The average Bonchev–Trinajstić information content (AvgIpc) is 2.00. The summed E-state index contributed by atoms with van der Waals surface area (Å²) in [5.41, 5.74) is 0. The van der Waals surface area contributed by atoms with Gasteiger partial charge in [-0.15, -0.1) is 0 Å². The molecule has 0 heterocycles. The third kappa shape index (κ3) is 4.31. The van der Waals surface area contributed by atoms with Gasteiger partial charge < -0.3 is 0 Å². The molecule has 11 heavy (non-hydrogen) atoms. The minimum Gasteiger partial charge on any atom is -0.277 e. The summed E-state index contributed by atoms with van der Waals surface area (Å²) in [6, 6.07) is 0. The van der Waals surface area contributed by atoms with Crippen molar-refractivity contribution >= 4 is 7.82 Å². The maximum Gasteiger partial charge on any atom is 0.537 e. The Bertz CT molecular complexity index is 143. The SMILES string of the molecule is O=P(OF)(OF)OCC(F)F. The zero-order valence-electron chi connectivity index (χ0n) is 4.88. The van der Waals surface area contributed by atoms with Crippen LogP contribution in [0.4, 0.5) is 17.8 Å². The van der Waals surface area contributed by atoms with Gasteiger partial charge in [0.2, 0.25) is 0 Å². The zero-order valence-corrected chi connectivity index (χ0v) is 5.77. The van der Waals surface area contributed by atoms with Gasteiger partial charge in [-0.3, -0.25) is 4.52 Å². The molecule has 0 aliphatic carbocycles. The van der Waals surface area contributed by atoms with Crippen LogP contribution in [0.1, 0.15) is 0 Å². The minimum absolute atomic E-state index is 1.44. The molecule has 0 aromatic heterocycles. The molecule has 0 spiro atoms. The summed E-state index contributed by atoms with van der Waals surface area (Å²) >= 11 is 0. The van der Waals surface area contributed by atoms with Crippen LogP contribution in [0.25, 0.3) is 0 Å². The Morgan fingerprint density at radius 2 is 1.73 bits per heavy atom. The van der Waals surface area contributed by atoms with Crippen LogP contribution in [-0.2, 0) is 18.5 Å². The van der Waals surface area contributed by atoms with Crippen LogP contribution in [0.3, 0.4) is 0 Å². The lowest BCUT2D eigenvalue weighted by Gasteiger charge is -2.05. The molecule has 0 N–H and O–H groups in total. The number of hydrogen-bond donors (Lipinski definition) is 0. The van der Waals surface area contributed by atoms with Gasteiger partial charge in [0, 0.05) is 0 Å². The van der Waals surface area contributed by atoms with E-state index in [0.29, 0.717) is 0 Å². The van der Waals surface area contributed by atoms with Crippen molar-refractivity contribution in [1.29, 1.82) is 0 Å². The average molecular weight is 198 g/mol. The maximum absolute atomic E-state index is 11.2. The Morgan fingerprint density at radius 3 is 2.00 bits per heavy atom. The van der Waals surface area contributed by atoms with E-state index in [4.69, 9.17) is 0 Å². The predicted octanol–water partition coefficient (Wildman–Crippen LogP) is 2.18. The Morgan fingerprint density at radius 1 is 1.27 bits per heavy atom. The highest BCUT2D eigenvalue weighted by Gasteiger charge is 2.30. The molecular formula is C2H3F4O4P. The van der Waals surface area contributed by atoms with E-state index in [2.05, 4.69) is 14.0 Å². The number of rotatable bonds is 5. The molecule has 0 aromatic carbocycles. The smallest absolute Gasteiger partial charge is 0.277 e. The second-order valence-electron chi connectivity index (χ2n) is 1.27. The molecule has 0 rings (SSSR count). The molecule has 0 amide bonds. The second-order valence-corrected chi connectivity index (χ2v) is 2.70. The molecule has 0 unspecified atom stereocenters. The number of alkyl halides is 2. The first-order valence-electron chi connectivity index (χ1n) is 2.17. The van der Waals surface area contributed by atoms with Crippen molar-refractivity contribution in [3.8, 4) is 0 Å². The minimum atomic E-state index is -5.05. The first-order chi connectivity index (χ1) is 5.04. The first kappa shape index (κ1) is 10.8. The number of hydrogen-bond acceptors (Lipinski definition) is 4. The molecule has 0 bridgehead atoms. The lowest BCUT2D eigenvalue weighted by Crippen LogP contribution is -2.03. The van der Waals surface area contributed by atoms with Crippen LogP contribution in [0, 0.1) is 0 Å². The van der Waals surface area contributed by atoms with E-state index in [1.165, 1.54) is 0 Å². The molecule has 0 radical (unpaired) electrons. The molecule has 0 aromatic rings. The Labute approximate surface area is 58.5 Å². The summed E-state index contributed by atoms with van der Waals surface area (Å²) in [5.74, 6) is 0. The van der Waals surface area contributed by atoms with Crippen LogP contribution in [0.2, 0.25) is 0 Å². The molecule has 0 fully saturated rings. The van der Waals surface area contributed by atoms with Crippen molar-refractivity contribution in [2.45, 2.75) is 6.43 Å². The molecule has 0 aliphatic rings. The Balaban J connectivity index is 3.79. The lowest BCUT2D eigenvalue weighted by molar-refractivity contribution is -0.123. The third-order valence-corrected chi connectivity index (χ3v) is 1.33. The van der Waals surface area contributed by atoms with Gasteiger partial charge in [0.25, 0.3) is 6.43 Å². The van der Waals surface area contributed by atoms with E-state index in [9.17, 15) is 22.4 Å². The van der Waals surface area contributed by atoms with E-state index in [-0.39, 0.29) is 0 Å². The van der Waals surface area contributed by atoms with Crippen molar-refractivity contribution in [1.82, 2.24) is 0 Å². The van der Waals surface area contributed by atoms with Gasteiger partial charge in [-0.25, -0.2) is 13.3 Å². The fraction of sp³-hybridized carbons (Fsp3) is 1.00. The van der Waals surface area contributed by atoms with Crippen molar-refractivity contribution in [3.63, 3.8) is 0 Å². The van der Waals surface area contributed by atoms with Gasteiger partial charge in [-0.2, -0.15) is 0 Å². The van der Waals surface area contributed by atoms with Crippen molar-refractivity contribution in [3.05, 3.63) is 0 Å². The zero-order chi connectivity index (χ0) is 8.91. The summed E-state index contributed by atoms with van der Waals surface area (Å²) in [7, 11) is -5.05. The van der Waals surface area contributed by atoms with Gasteiger partial charge in [0.05, 0.1) is 0 Å². The highest BCUT2D eigenvalue weighted by molar-refractivity contribution is 7.48. The quantitative estimate of drug-likeness (QED) is 0.501. The van der Waals surface area contributed by atoms with Crippen molar-refractivity contribution in [2.24, 2.45) is 0 Å². The van der Waals surface area contributed by atoms with Gasteiger partial charge >= 0.3 is 7.82 Å². The van der Waals surface area contributed by atoms with Crippen LogP contribution in [0.5, 0.6) is 0 Å². The fourth-order valence-corrected chi connectivity index (χ4v) is 0.594. The molecule has 0 aliphatic heterocycles. The molecule has 4 nitrogen and oxygen atoms in total. The molecule has 0 saturated carbocycles. The summed E-state index contributed by atoms with van der Waals surface area (Å²) in [5, 5.41) is 0. The number of phosphoric acid groups is 1. The van der Waals surface area contributed by atoms with Crippen molar-refractivity contribution in [2.75, 3.05) is 6.61 Å². The topological polar surface area (TPSA) is 44.8 Å². The van der Waals surface area contributed by atoms with Crippen LogP contribution < -0.4 is 0 Å². The van der Waals surface area contributed by atoms with Gasteiger partial charge in [-0.1, -0.05) is 9.46 Å². The normalized spacial score (nSPS) is 12.5. The number of halogens is 4. The van der Waals surface area contributed by atoms with Gasteiger partial charge in [0.1, 0.15) is 6.61 Å². The summed E-state index contributed by atoms with van der Waals surface area (Å²) < 4.78 is 62.6. The van der Waals surface area contributed by atoms with Gasteiger partial charge in [-0.05, 0) is 9.05 Å².